The fraction of sp³-hybridized carbons (Fsp3) is 0.276. The van der Waals surface area contributed by atoms with Gasteiger partial charge in [0.25, 0.3) is 0 Å². The van der Waals surface area contributed by atoms with Gasteiger partial charge in [-0.3, -0.25) is 14.5 Å². The average Bonchev–Trinajstić information content (AvgIpc) is 2.94. The molecule has 4 rings (SSSR count). The summed E-state index contributed by atoms with van der Waals surface area (Å²) >= 11 is 1.29. The number of carbonyl (C=O) groups is 2. The second-order valence-corrected chi connectivity index (χ2v) is 9.63. The van der Waals surface area contributed by atoms with Gasteiger partial charge in [-0.1, -0.05) is 36.0 Å². The van der Waals surface area contributed by atoms with Crippen LogP contribution in [0.4, 0.5) is 11.4 Å². The molecule has 0 radical (unpaired) electrons. The number of carbonyl (C=O) groups excluding carboxylic acids is 2. The van der Waals surface area contributed by atoms with Gasteiger partial charge in [-0.05, 0) is 67.4 Å². The SMILES string of the molecule is CCOc1ccc(N=C2S[C@@H](C(=O)Nc3ccccc3OC)CC(=O)N2CCc2ccc(OC)cc2)cc1. The first kappa shape index (κ1) is 27.1. The summed E-state index contributed by atoms with van der Waals surface area (Å²) in [6.07, 6.45) is 0.702. The topological polar surface area (TPSA) is 89.5 Å². The van der Waals surface area contributed by atoms with Crippen LogP contribution in [0.5, 0.6) is 17.2 Å². The summed E-state index contributed by atoms with van der Waals surface area (Å²) in [6, 6.07) is 22.3. The van der Waals surface area contributed by atoms with E-state index in [1.807, 2.05) is 67.6 Å². The second-order valence-electron chi connectivity index (χ2n) is 8.46. The number of methoxy groups -OCH3 is 2. The average molecular weight is 534 g/mol. The van der Waals surface area contributed by atoms with Crippen molar-refractivity contribution in [3.8, 4) is 17.2 Å². The molecule has 1 heterocycles. The van der Waals surface area contributed by atoms with Crippen molar-refractivity contribution in [3.63, 3.8) is 0 Å². The number of thioether (sulfide) groups is 1. The normalized spacial score (nSPS) is 16.3. The molecule has 8 nitrogen and oxygen atoms in total. The maximum atomic E-state index is 13.3. The van der Waals surface area contributed by atoms with E-state index >= 15 is 0 Å². The second kappa shape index (κ2) is 13.0. The van der Waals surface area contributed by atoms with E-state index in [9.17, 15) is 9.59 Å². The highest BCUT2D eigenvalue weighted by molar-refractivity contribution is 8.15. The van der Waals surface area contributed by atoms with Crippen LogP contribution >= 0.6 is 11.8 Å². The number of anilines is 1. The highest BCUT2D eigenvalue weighted by atomic mass is 32.2. The van der Waals surface area contributed by atoms with Gasteiger partial charge < -0.3 is 19.5 Å². The third-order valence-corrected chi connectivity index (χ3v) is 7.14. The maximum absolute atomic E-state index is 13.3. The number of ether oxygens (including phenoxy) is 3. The predicted molar refractivity (Wildman–Crippen MR) is 151 cm³/mol. The fourth-order valence-corrected chi connectivity index (χ4v) is 5.07. The number of hydrogen-bond donors (Lipinski definition) is 1. The Morgan fingerprint density at radius 1 is 1.00 bits per heavy atom. The quantitative estimate of drug-likeness (QED) is 0.380. The number of nitrogens with one attached hydrogen (secondary N) is 1. The number of aliphatic imine (C=N–C) groups is 1. The number of benzene rings is 3. The van der Waals surface area contributed by atoms with Crippen LogP contribution in [0.2, 0.25) is 0 Å². The van der Waals surface area contributed by atoms with Crippen LogP contribution < -0.4 is 19.5 Å². The summed E-state index contributed by atoms with van der Waals surface area (Å²) in [5.41, 5.74) is 2.30. The van der Waals surface area contributed by atoms with E-state index in [0.29, 0.717) is 41.9 Å². The smallest absolute Gasteiger partial charge is 0.238 e. The summed E-state index contributed by atoms with van der Waals surface area (Å²) in [5.74, 6) is 1.65. The van der Waals surface area contributed by atoms with E-state index in [4.69, 9.17) is 19.2 Å². The largest absolute Gasteiger partial charge is 0.497 e. The lowest BCUT2D eigenvalue weighted by Gasteiger charge is -2.32. The first-order valence-electron chi connectivity index (χ1n) is 12.4. The highest BCUT2D eigenvalue weighted by Gasteiger charge is 2.36. The van der Waals surface area contributed by atoms with Crippen LogP contribution in [0.3, 0.4) is 0 Å². The van der Waals surface area contributed by atoms with Gasteiger partial charge in [0.15, 0.2) is 5.17 Å². The van der Waals surface area contributed by atoms with Gasteiger partial charge in [0.05, 0.1) is 32.2 Å². The zero-order chi connectivity index (χ0) is 26.9. The molecule has 1 fully saturated rings. The Morgan fingerprint density at radius 2 is 1.71 bits per heavy atom. The van der Waals surface area contributed by atoms with Crippen LogP contribution in [0.15, 0.2) is 77.8 Å². The molecule has 1 aliphatic heterocycles. The molecular weight excluding hydrogens is 502 g/mol. The first-order valence-corrected chi connectivity index (χ1v) is 13.2. The minimum Gasteiger partial charge on any atom is -0.497 e. The molecule has 0 aliphatic carbocycles. The molecule has 198 valence electrons. The molecule has 0 spiro atoms. The fourth-order valence-electron chi connectivity index (χ4n) is 3.95. The highest BCUT2D eigenvalue weighted by Crippen LogP contribution is 2.32. The molecular formula is C29H31N3O5S. The molecule has 0 unspecified atom stereocenters. The molecule has 0 bridgehead atoms. The van der Waals surface area contributed by atoms with E-state index < -0.39 is 5.25 Å². The van der Waals surface area contributed by atoms with Gasteiger partial charge in [-0.15, -0.1) is 0 Å². The number of hydrogen-bond acceptors (Lipinski definition) is 7. The summed E-state index contributed by atoms with van der Waals surface area (Å²) in [6.45, 7) is 2.94. The Hall–Kier alpha value is -3.98. The lowest BCUT2D eigenvalue weighted by molar-refractivity contribution is -0.129. The van der Waals surface area contributed by atoms with Gasteiger partial charge in [0.2, 0.25) is 11.8 Å². The molecule has 0 saturated carbocycles. The van der Waals surface area contributed by atoms with Gasteiger partial charge >= 0.3 is 0 Å². The zero-order valence-corrected chi connectivity index (χ0v) is 22.5. The van der Waals surface area contributed by atoms with Gasteiger partial charge in [0.1, 0.15) is 22.5 Å². The van der Waals surface area contributed by atoms with Crippen LogP contribution in [-0.2, 0) is 16.0 Å². The molecule has 3 aromatic carbocycles. The van der Waals surface area contributed by atoms with Crippen LogP contribution in [0, 0.1) is 0 Å². The third kappa shape index (κ3) is 6.86. The Morgan fingerprint density at radius 3 is 2.39 bits per heavy atom. The Bertz CT molecular complexity index is 1280. The zero-order valence-electron chi connectivity index (χ0n) is 21.7. The minimum absolute atomic E-state index is 0.0660. The Labute approximate surface area is 227 Å². The Balaban J connectivity index is 1.55. The van der Waals surface area contributed by atoms with Crippen molar-refractivity contribution in [2.45, 2.75) is 25.0 Å². The number of amides is 2. The van der Waals surface area contributed by atoms with E-state index in [-0.39, 0.29) is 18.2 Å². The van der Waals surface area contributed by atoms with Crippen molar-refractivity contribution in [3.05, 3.63) is 78.4 Å². The maximum Gasteiger partial charge on any atom is 0.238 e. The molecule has 38 heavy (non-hydrogen) atoms. The lowest BCUT2D eigenvalue weighted by atomic mass is 10.1. The molecule has 0 aromatic heterocycles. The van der Waals surface area contributed by atoms with Gasteiger partial charge in [-0.25, -0.2) is 4.99 Å². The number of para-hydroxylation sites is 2. The first-order chi connectivity index (χ1) is 18.5. The Kier molecular flexibility index (Phi) is 9.26. The minimum atomic E-state index is -0.633. The predicted octanol–water partition coefficient (Wildman–Crippen LogP) is 5.31. The third-order valence-electron chi connectivity index (χ3n) is 5.95. The summed E-state index contributed by atoms with van der Waals surface area (Å²) in [7, 11) is 3.18. The van der Waals surface area contributed by atoms with Crippen LogP contribution in [0.25, 0.3) is 0 Å². The van der Waals surface area contributed by atoms with Crippen molar-refractivity contribution in [2.24, 2.45) is 4.99 Å². The standard InChI is InChI=1S/C29H31N3O5S/c1-4-37-23-15-11-21(12-16-23)30-29-32(18-17-20-9-13-22(35-2)14-10-20)27(33)19-26(38-29)28(34)31-24-7-5-6-8-25(24)36-3/h5-16,26H,4,17-19H2,1-3H3,(H,31,34)/t26-/m1/s1. The number of amidine groups is 1. The summed E-state index contributed by atoms with van der Waals surface area (Å²) in [4.78, 5) is 33.0. The van der Waals surface area contributed by atoms with Crippen molar-refractivity contribution in [1.82, 2.24) is 4.90 Å². The molecule has 1 saturated heterocycles. The van der Waals surface area contributed by atoms with Crippen LogP contribution in [-0.4, -0.2) is 54.5 Å². The van der Waals surface area contributed by atoms with Crippen molar-refractivity contribution >= 4 is 40.1 Å². The van der Waals surface area contributed by atoms with Crippen molar-refractivity contribution < 1.29 is 23.8 Å². The molecule has 9 heteroatoms. The molecule has 1 aliphatic rings. The van der Waals surface area contributed by atoms with Gasteiger partial charge in [-0.2, -0.15) is 0 Å². The van der Waals surface area contributed by atoms with E-state index in [0.717, 1.165) is 17.1 Å². The number of rotatable bonds is 10. The molecule has 1 atom stereocenters. The lowest BCUT2D eigenvalue weighted by Crippen LogP contribution is -2.46. The summed E-state index contributed by atoms with van der Waals surface area (Å²) < 4.78 is 16.1. The van der Waals surface area contributed by atoms with Crippen molar-refractivity contribution in [1.29, 1.82) is 0 Å². The van der Waals surface area contributed by atoms with Crippen LogP contribution in [0.1, 0.15) is 18.9 Å². The molecule has 2 amide bonds. The number of nitrogens with zero attached hydrogens (tertiary/aromatic N) is 2. The van der Waals surface area contributed by atoms with Gasteiger partial charge in [0, 0.05) is 13.0 Å². The monoisotopic (exact) mass is 533 g/mol. The molecule has 3 aromatic rings. The van der Waals surface area contributed by atoms with E-state index in [1.165, 1.54) is 11.8 Å². The summed E-state index contributed by atoms with van der Waals surface area (Å²) in [5, 5.41) is 2.75. The van der Waals surface area contributed by atoms with E-state index in [2.05, 4.69) is 5.32 Å². The van der Waals surface area contributed by atoms with E-state index in [1.54, 1.807) is 31.3 Å². The molecule has 1 N–H and O–H groups in total. The van der Waals surface area contributed by atoms with Crippen molar-refractivity contribution in [2.75, 3.05) is 32.7 Å².